The molecule has 0 spiro atoms. The van der Waals surface area contributed by atoms with Crippen LogP contribution in [0.3, 0.4) is 0 Å². The summed E-state index contributed by atoms with van der Waals surface area (Å²) in [5.41, 5.74) is 1.81. The number of carbonyl (C=O) groups is 2. The first kappa shape index (κ1) is 16.0. The standard InChI is InChI=1S/C15H21NO4/c1-5-12-8-14(19-4)13(6-7-16-10(2)17)9-15(12)20-11(3)18/h8-9H,5-7H2,1-4H3,(H,16,17). The van der Waals surface area contributed by atoms with Crippen LogP contribution in [0.15, 0.2) is 12.1 Å². The van der Waals surface area contributed by atoms with Gasteiger partial charge in [0.15, 0.2) is 0 Å². The Morgan fingerprint density at radius 2 is 1.80 bits per heavy atom. The van der Waals surface area contributed by atoms with Gasteiger partial charge in [0.05, 0.1) is 7.11 Å². The van der Waals surface area contributed by atoms with E-state index in [-0.39, 0.29) is 11.9 Å². The molecule has 1 amide bonds. The molecule has 110 valence electrons. The first-order chi connectivity index (χ1) is 9.47. The average Bonchev–Trinajstić information content (AvgIpc) is 2.38. The Morgan fingerprint density at radius 1 is 1.15 bits per heavy atom. The number of aryl methyl sites for hydroxylation is 1. The predicted octanol–water partition coefficient (Wildman–Crippen LogP) is 1.86. The summed E-state index contributed by atoms with van der Waals surface area (Å²) in [6, 6.07) is 3.68. The number of carbonyl (C=O) groups excluding carboxylic acids is 2. The third-order valence-electron chi connectivity index (χ3n) is 2.87. The quantitative estimate of drug-likeness (QED) is 0.637. The van der Waals surface area contributed by atoms with Crippen LogP contribution in [0.25, 0.3) is 0 Å². The summed E-state index contributed by atoms with van der Waals surface area (Å²) in [6.45, 7) is 5.35. The molecule has 0 saturated heterocycles. The number of methoxy groups -OCH3 is 1. The van der Waals surface area contributed by atoms with Crippen LogP contribution < -0.4 is 14.8 Å². The SMILES string of the molecule is CCc1cc(OC)c(CCNC(C)=O)cc1OC(C)=O. The van der Waals surface area contributed by atoms with E-state index >= 15 is 0 Å². The lowest BCUT2D eigenvalue weighted by Gasteiger charge is -2.14. The van der Waals surface area contributed by atoms with Crippen LogP contribution in [-0.2, 0) is 22.4 Å². The van der Waals surface area contributed by atoms with Gasteiger partial charge in [-0.25, -0.2) is 0 Å². The van der Waals surface area contributed by atoms with Crippen molar-refractivity contribution in [1.29, 1.82) is 0 Å². The van der Waals surface area contributed by atoms with E-state index in [1.807, 2.05) is 13.0 Å². The number of amides is 1. The van der Waals surface area contributed by atoms with Crippen molar-refractivity contribution >= 4 is 11.9 Å². The number of ether oxygens (including phenoxy) is 2. The molecule has 0 heterocycles. The van der Waals surface area contributed by atoms with Gasteiger partial charge in [-0.1, -0.05) is 6.92 Å². The molecule has 5 nitrogen and oxygen atoms in total. The molecular weight excluding hydrogens is 258 g/mol. The Hall–Kier alpha value is -2.04. The molecule has 0 aliphatic rings. The van der Waals surface area contributed by atoms with Crippen LogP contribution in [0, 0.1) is 0 Å². The van der Waals surface area contributed by atoms with Gasteiger partial charge in [-0.2, -0.15) is 0 Å². The Balaban J connectivity index is 3.01. The summed E-state index contributed by atoms with van der Waals surface area (Å²) in [4.78, 5) is 22.0. The maximum atomic E-state index is 11.1. The fourth-order valence-electron chi connectivity index (χ4n) is 1.93. The van der Waals surface area contributed by atoms with Crippen LogP contribution >= 0.6 is 0 Å². The van der Waals surface area contributed by atoms with Crippen LogP contribution in [0.2, 0.25) is 0 Å². The fraction of sp³-hybridized carbons (Fsp3) is 0.467. The molecule has 0 aliphatic heterocycles. The zero-order chi connectivity index (χ0) is 15.1. The lowest BCUT2D eigenvalue weighted by atomic mass is 10.0. The topological polar surface area (TPSA) is 64.6 Å². The summed E-state index contributed by atoms with van der Waals surface area (Å²) in [6.07, 6.45) is 1.35. The molecule has 20 heavy (non-hydrogen) atoms. The molecule has 0 fully saturated rings. The van der Waals surface area contributed by atoms with Gasteiger partial charge in [-0.05, 0) is 36.1 Å². The lowest BCUT2D eigenvalue weighted by Crippen LogP contribution is -2.22. The van der Waals surface area contributed by atoms with Crippen molar-refractivity contribution in [2.45, 2.75) is 33.6 Å². The molecule has 1 aromatic carbocycles. The minimum atomic E-state index is -0.349. The van der Waals surface area contributed by atoms with Crippen molar-refractivity contribution in [3.8, 4) is 11.5 Å². The van der Waals surface area contributed by atoms with Gasteiger partial charge in [0.1, 0.15) is 11.5 Å². The molecule has 1 rings (SSSR count). The third kappa shape index (κ3) is 4.57. The summed E-state index contributed by atoms with van der Waals surface area (Å²) in [7, 11) is 1.60. The number of hydrogen-bond donors (Lipinski definition) is 1. The van der Waals surface area contributed by atoms with E-state index in [1.54, 1.807) is 13.2 Å². The van der Waals surface area contributed by atoms with Crippen LogP contribution in [0.5, 0.6) is 11.5 Å². The molecule has 0 aromatic heterocycles. The Bertz CT molecular complexity index is 497. The second kappa shape index (κ2) is 7.53. The van der Waals surface area contributed by atoms with Crippen molar-refractivity contribution in [2.75, 3.05) is 13.7 Å². The largest absolute Gasteiger partial charge is 0.496 e. The highest BCUT2D eigenvalue weighted by Crippen LogP contribution is 2.29. The highest BCUT2D eigenvalue weighted by molar-refractivity contribution is 5.72. The van der Waals surface area contributed by atoms with Crippen LogP contribution in [0.4, 0.5) is 0 Å². The molecule has 5 heteroatoms. The van der Waals surface area contributed by atoms with Gasteiger partial charge < -0.3 is 14.8 Å². The van der Waals surface area contributed by atoms with Gasteiger partial charge in [-0.3, -0.25) is 9.59 Å². The number of esters is 1. The molecule has 0 atom stereocenters. The van der Waals surface area contributed by atoms with E-state index in [0.29, 0.717) is 18.7 Å². The number of hydrogen-bond acceptors (Lipinski definition) is 4. The minimum Gasteiger partial charge on any atom is -0.496 e. The molecule has 1 N–H and O–H groups in total. The highest BCUT2D eigenvalue weighted by Gasteiger charge is 2.12. The van der Waals surface area contributed by atoms with E-state index in [0.717, 1.165) is 23.3 Å². The number of nitrogens with one attached hydrogen (secondary N) is 1. The number of rotatable bonds is 6. The third-order valence-corrected chi connectivity index (χ3v) is 2.87. The summed E-state index contributed by atoms with van der Waals surface area (Å²) < 4.78 is 10.6. The summed E-state index contributed by atoms with van der Waals surface area (Å²) in [5.74, 6) is 0.869. The summed E-state index contributed by atoms with van der Waals surface area (Å²) in [5, 5.41) is 2.73. The Morgan fingerprint density at radius 3 is 2.30 bits per heavy atom. The lowest BCUT2D eigenvalue weighted by molar-refractivity contribution is -0.132. The van der Waals surface area contributed by atoms with E-state index in [1.165, 1.54) is 13.8 Å². The van der Waals surface area contributed by atoms with Crippen LogP contribution in [0.1, 0.15) is 31.9 Å². The van der Waals surface area contributed by atoms with E-state index < -0.39 is 0 Å². The second-order valence-corrected chi connectivity index (χ2v) is 4.45. The molecule has 0 radical (unpaired) electrons. The van der Waals surface area contributed by atoms with Gasteiger partial charge in [-0.15, -0.1) is 0 Å². The zero-order valence-electron chi connectivity index (χ0n) is 12.4. The summed E-state index contributed by atoms with van der Waals surface area (Å²) >= 11 is 0. The molecule has 1 aromatic rings. The zero-order valence-corrected chi connectivity index (χ0v) is 12.4. The Kier molecular flexibility index (Phi) is 6.03. The van der Waals surface area contributed by atoms with Crippen molar-refractivity contribution in [2.24, 2.45) is 0 Å². The van der Waals surface area contributed by atoms with Crippen molar-refractivity contribution < 1.29 is 19.1 Å². The van der Waals surface area contributed by atoms with Gasteiger partial charge >= 0.3 is 5.97 Å². The number of benzene rings is 1. The first-order valence-electron chi connectivity index (χ1n) is 6.60. The van der Waals surface area contributed by atoms with Crippen LogP contribution in [-0.4, -0.2) is 25.5 Å². The molecule has 0 bridgehead atoms. The van der Waals surface area contributed by atoms with E-state index in [9.17, 15) is 9.59 Å². The van der Waals surface area contributed by atoms with Crippen molar-refractivity contribution in [1.82, 2.24) is 5.32 Å². The van der Waals surface area contributed by atoms with E-state index in [4.69, 9.17) is 9.47 Å². The van der Waals surface area contributed by atoms with Gasteiger partial charge in [0.2, 0.25) is 5.91 Å². The maximum absolute atomic E-state index is 11.1. The fourth-order valence-corrected chi connectivity index (χ4v) is 1.93. The van der Waals surface area contributed by atoms with Crippen molar-refractivity contribution in [3.05, 3.63) is 23.3 Å². The smallest absolute Gasteiger partial charge is 0.308 e. The molecule has 0 aliphatic carbocycles. The second-order valence-electron chi connectivity index (χ2n) is 4.45. The van der Waals surface area contributed by atoms with E-state index in [2.05, 4.69) is 5.32 Å². The van der Waals surface area contributed by atoms with Gasteiger partial charge in [0, 0.05) is 20.4 Å². The molecule has 0 unspecified atom stereocenters. The predicted molar refractivity (Wildman–Crippen MR) is 76.1 cm³/mol. The monoisotopic (exact) mass is 279 g/mol. The molecular formula is C15H21NO4. The van der Waals surface area contributed by atoms with Crippen molar-refractivity contribution in [3.63, 3.8) is 0 Å². The maximum Gasteiger partial charge on any atom is 0.308 e. The van der Waals surface area contributed by atoms with Gasteiger partial charge in [0.25, 0.3) is 0 Å². The highest BCUT2D eigenvalue weighted by atomic mass is 16.5. The Labute approximate surface area is 119 Å². The first-order valence-corrected chi connectivity index (χ1v) is 6.60. The normalized spacial score (nSPS) is 10.0. The molecule has 0 saturated carbocycles. The average molecular weight is 279 g/mol. The minimum absolute atomic E-state index is 0.0747.